The summed E-state index contributed by atoms with van der Waals surface area (Å²) in [5.74, 6) is -1.55. The predicted molar refractivity (Wildman–Crippen MR) is 145 cm³/mol. The molecule has 0 fully saturated rings. The molecule has 3 aromatic carbocycles. The number of carbonyl (C=O) groups excluding carboxylic acids is 3. The number of rotatable bonds is 13. The molecule has 10 nitrogen and oxygen atoms in total. The Morgan fingerprint density at radius 3 is 2.05 bits per heavy atom. The van der Waals surface area contributed by atoms with Gasteiger partial charge in [-0.3, -0.25) is 4.89 Å². The number of alkyl halides is 3. The Labute approximate surface area is 238 Å². The van der Waals surface area contributed by atoms with Gasteiger partial charge in [0.15, 0.2) is 0 Å². The zero-order valence-corrected chi connectivity index (χ0v) is 22.1. The SMILES string of the molecule is Nc1cc(N)cc(C(=O)OCCOOC(=O)/C=C/c2ccc(OC(=O)c3ccc(OCCCC(F)(F)F)cc3)cc2)c1. The first-order valence-electron chi connectivity index (χ1n) is 12.4. The molecule has 0 aliphatic carbocycles. The first-order valence-corrected chi connectivity index (χ1v) is 12.4. The third kappa shape index (κ3) is 11.2. The van der Waals surface area contributed by atoms with Gasteiger partial charge in [-0.15, -0.1) is 0 Å². The fourth-order valence-electron chi connectivity index (χ4n) is 3.30. The minimum Gasteiger partial charge on any atom is -0.494 e. The van der Waals surface area contributed by atoms with Crippen molar-refractivity contribution in [3.05, 3.63) is 89.5 Å². The molecule has 4 N–H and O–H groups in total. The summed E-state index contributed by atoms with van der Waals surface area (Å²) in [6.07, 6.45) is -2.79. The van der Waals surface area contributed by atoms with E-state index in [1.807, 2.05) is 0 Å². The van der Waals surface area contributed by atoms with Crippen molar-refractivity contribution in [3.63, 3.8) is 0 Å². The minimum atomic E-state index is -4.23. The highest BCUT2D eigenvalue weighted by atomic mass is 19.4. The van der Waals surface area contributed by atoms with E-state index in [4.69, 9.17) is 30.6 Å². The second-order valence-corrected chi connectivity index (χ2v) is 8.63. The van der Waals surface area contributed by atoms with Gasteiger partial charge in [0.25, 0.3) is 0 Å². The van der Waals surface area contributed by atoms with Crippen molar-refractivity contribution in [3.8, 4) is 11.5 Å². The molecule has 0 aliphatic rings. The average molecular weight is 589 g/mol. The molecule has 13 heteroatoms. The Hall–Kier alpha value is -5.04. The fourth-order valence-corrected chi connectivity index (χ4v) is 3.30. The molecule has 0 radical (unpaired) electrons. The van der Waals surface area contributed by atoms with Gasteiger partial charge in [0.1, 0.15) is 24.7 Å². The zero-order valence-electron chi connectivity index (χ0n) is 22.1. The van der Waals surface area contributed by atoms with E-state index < -0.39 is 30.5 Å². The van der Waals surface area contributed by atoms with Gasteiger partial charge in [0.2, 0.25) is 0 Å². The smallest absolute Gasteiger partial charge is 0.389 e. The van der Waals surface area contributed by atoms with Gasteiger partial charge < -0.3 is 25.7 Å². The van der Waals surface area contributed by atoms with E-state index in [0.717, 1.165) is 6.08 Å². The molecular weight excluding hydrogens is 561 g/mol. The summed E-state index contributed by atoms with van der Waals surface area (Å²) in [4.78, 5) is 45.5. The summed E-state index contributed by atoms with van der Waals surface area (Å²) in [5.41, 5.74) is 12.9. The van der Waals surface area contributed by atoms with E-state index in [-0.39, 0.29) is 43.1 Å². The highest BCUT2D eigenvalue weighted by Gasteiger charge is 2.26. The van der Waals surface area contributed by atoms with E-state index in [9.17, 15) is 27.6 Å². The average Bonchev–Trinajstić information content (AvgIpc) is 2.94. The van der Waals surface area contributed by atoms with Crippen LogP contribution in [0.15, 0.2) is 72.8 Å². The number of halogens is 3. The normalized spacial score (nSPS) is 11.2. The topological polar surface area (TPSA) is 149 Å². The summed E-state index contributed by atoms with van der Waals surface area (Å²) in [6.45, 7) is -0.497. The molecule has 3 rings (SSSR count). The van der Waals surface area contributed by atoms with Crippen LogP contribution in [-0.4, -0.2) is 43.9 Å². The van der Waals surface area contributed by atoms with Crippen LogP contribution < -0.4 is 20.9 Å². The maximum absolute atomic E-state index is 12.4. The Kier molecular flexibility index (Phi) is 11.3. The van der Waals surface area contributed by atoms with Crippen LogP contribution >= 0.6 is 0 Å². The van der Waals surface area contributed by atoms with Crippen LogP contribution in [0.1, 0.15) is 39.1 Å². The lowest BCUT2D eigenvalue weighted by Gasteiger charge is -2.09. The van der Waals surface area contributed by atoms with Gasteiger partial charge >= 0.3 is 24.1 Å². The van der Waals surface area contributed by atoms with E-state index in [1.165, 1.54) is 60.7 Å². The Morgan fingerprint density at radius 1 is 0.762 bits per heavy atom. The number of carbonyl (C=O) groups is 3. The number of nitrogen functional groups attached to an aromatic ring is 2. The van der Waals surface area contributed by atoms with Crippen LogP contribution in [0.25, 0.3) is 6.08 Å². The summed E-state index contributed by atoms with van der Waals surface area (Å²) < 4.78 is 52.1. The van der Waals surface area contributed by atoms with E-state index in [2.05, 4.69) is 4.89 Å². The number of benzene rings is 3. The van der Waals surface area contributed by atoms with Gasteiger partial charge in [-0.05, 0) is 72.7 Å². The van der Waals surface area contributed by atoms with Crippen LogP contribution in [0.5, 0.6) is 11.5 Å². The maximum atomic E-state index is 12.4. The van der Waals surface area contributed by atoms with Crippen LogP contribution in [0.2, 0.25) is 0 Å². The summed E-state index contributed by atoms with van der Waals surface area (Å²) in [7, 11) is 0. The Bertz CT molecular complexity index is 1370. The molecule has 3 aromatic rings. The van der Waals surface area contributed by atoms with Crippen molar-refractivity contribution >= 4 is 35.4 Å². The van der Waals surface area contributed by atoms with Crippen LogP contribution in [0.3, 0.4) is 0 Å². The standard InChI is InChI=1S/C29H27F3N2O8/c30-29(31,32)12-1-13-38-24-9-5-20(6-10-24)28(37)41-25-7-2-19(3-8-25)4-11-26(35)42-40-15-14-39-27(36)21-16-22(33)18-23(34)17-21/h2-11,16-18H,1,12-15,33-34H2/b11-4+. The Morgan fingerprint density at radius 2 is 1.40 bits per heavy atom. The fraction of sp³-hybridized carbons (Fsp3) is 0.207. The summed E-state index contributed by atoms with van der Waals surface area (Å²) in [5, 5.41) is 0. The number of anilines is 2. The van der Waals surface area contributed by atoms with Gasteiger partial charge in [-0.2, -0.15) is 18.1 Å². The number of hydrogen-bond donors (Lipinski definition) is 2. The van der Waals surface area contributed by atoms with Crippen molar-refractivity contribution in [1.82, 2.24) is 0 Å². The molecule has 0 bridgehead atoms. The lowest BCUT2D eigenvalue weighted by molar-refractivity contribution is -0.270. The summed E-state index contributed by atoms with van der Waals surface area (Å²) in [6, 6.07) is 16.3. The van der Waals surface area contributed by atoms with Crippen molar-refractivity contribution < 1.29 is 51.5 Å². The lowest BCUT2D eigenvalue weighted by atomic mass is 10.2. The second kappa shape index (κ2) is 15.1. The first kappa shape index (κ1) is 31.5. The van der Waals surface area contributed by atoms with E-state index >= 15 is 0 Å². The summed E-state index contributed by atoms with van der Waals surface area (Å²) >= 11 is 0. The predicted octanol–water partition coefficient (Wildman–Crippen LogP) is 5.14. The van der Waals surface area contributed by atoms with Crippen LogP contribution in [0.4, 0.5) is 24.5 Å². The molecule has 0 heterocycles. The molecule has 0 unspecified atom stereocenters. The van der Waals surface area contributed by atoms with E-state index in [1.54, 1.807) is 12.1 Å². The zero-order chi connectivity index (χ0) is 30.5. The number of hydrogen-bond acceptors (Lipinski definition) is 10. The van der Waals surface area contributed by atoms with Gasteiger partial charge in [-0.1, -0.05) is 12.1 Å². The van der Waals surface area contributed by atoms with Crippen molar-refractivity contribution in [1.29, 1.82) is 0 Å². The first-order chi connectivity index (χ1) is 20.0. The van der Waals surface area contributed by atoms with Gasteiger partial charge in [0.05, 0.1) is 17.7 Å². The number of ether oxygens (including phenoxy) is 3. The van der Waals surface area contributed by atoms with Crippen molar-refractivity contribution in [2.45, 2.75) is 19.0 Å². The minimum absolute atomic E-state index is 0.103. The van der Waals surface area contributed by atoms with Crippen molar-refractivity contribution in [2.75, 3.05) is 31.3 Å². The molecule has 0 aliphatic heterocycles. The Balaban J connectivity index is 1.35. The second-order valence-electron chi connectivity index (χ2n) is 8.63. The lowest BCUT2D eigenvalue weighted by Crippen LogP contribution is -2.13. The molecule has 0 atom stereocenters. The van der Waals surface area contributed by atoms with Gasteiger partial charge in [0, 0.05) is 23.9 Å². The third-order valence-corrected chi connectivity index (χ3v) is 5.22. The number of esters is 2. The molecular formula is C29H27F3N2O8. The largest absolute Gasteiger partial charge is 0.494 e. The monoisotopic (exact) mass is 588 g/mol. The molecule has 0 saturated carbocycles. The number of nitrogens with two attached hydrogens (primary N) is 2. The molecule has 0 spiro atoms. The molecule has 0 saturated heterocycles. The van der Waals surface area contributed by atoms with Crippen molar-refractivity contribution in [2.24, 2.45) is 0 Å². The van der Waals surface area contributed by atoms with Gasteiger partial charge in [-0.25, -0.2) is 14.4 Å². The quantitative estimate of drug-likeness (QED) is 0.0523. The third-order valence-electron chi connectivity index (χ3n) is 5.22. The van der Waals surface area contributed by atoms with Crippen LogP contribution in [0, 0.1) is 0 Å². The molecule has 222 valence electrons. The molecule has 0 aromatic heterocycles. The maximum Gasteiger partial charge on any atom is 0.389 e. The van der Waals surface area contributed by atoms with E-state index in [0.29, 0.717) is 22.7 Å². The van der Waals surface area contributed by atoms with Crippen LogP contribution in [-0.2, 0) is 19.3 Å². The molecule has 42 heavy (non-hydrogen) atoms. The highest BCUT2D eigenvalue weighted by Crippen LogP contribution is 2.22. The highest BCUT2D eigenvalue weighted by molar-refractivity contribution is 5.92. The molecule has 0 amide bonds.